The Labute approximate surface area is 109 Å². The molecule has 0 saturated heterocycles. The van der Waals surface area contributed by atoms with Crippen molar-refractivity contribution in [1.29, 1.82) is 0 Å². The van der Waals surface area contributed by atoms with Gasteiger partial charge in [-0.15, -0.1) is 0 Å². The molecule has 1 unspecified atom stereocenters. The average Bonchev–Trinajstić information content (AvgIpc) is 2.35. The van der Waals surface area contributed by atoms with E-state index in [4.69, 9.17) is 4.74 Å². The summed E-state index contributed by atoms with van der Waals surface area (Å²) in [6, 6.07) is 16.7. The molecular weight excluding hydrogens is 220 g/mol. The molecule has 2 rings (SSSR count). The maximum atomic E-state index is 6.08. The van der Waals surface area contributed by atoms with Crippen LogP contribution in [0.4, 0.5) is 0 Å². The SMILES string of the molecule is Cc1cccc(C)c1OC(C)Cc1ccccc1. The van der Waals surface area contributed by atoms with Gasteiger partial charge in [0.1, 0.15) is 5.75 Å². The number of para-hydroxylation sites is 1. The number of hydrogen-bond donors (Lipinski definition) is 0. The lowest BCUT2D eigenvalue weighted by Gasteiger charge is -2.18. The minimum atomic E-state index is 0.187. The molecule has 0 aliphatic carbocycles. The van der Waals surface area contributed by atoms with Crippen LogP contribution < -0.4 is 4.74 Å². The van der Waals surface area contributed by atoms with E-state index in [-0.39, 0.29) is 6.10 Å². The molecule has 1 atom stereocenters. The molecule has 94 valence electrons. The first-order chi connectivity index (χ1) is 8.66. The fourth-order valence-electron chi connectivity index (χ4n) is 2.17. The molecule has 2 aromatic rings. The fourth-order valence-corrected chi connectivity index (χ4v) is 2.17. The lowest BCUT2D eigenvalue weighted by Crippen LogP contribution is -2.16. The summed E-state index contributed by atoms with van der Waals surface area (Å²) < 4.78 is 6.08. The molecule has 0 aliphatic rings. The van der Waals surface area contributed by atoms with E-state index in [0.717, 1.165) is 12.2 Å². The third kappa shape index (κ3) is 3.13. The number of ether oxygens (including phenoxy) is 1. The molecule has 18 heavy (non-hydrogen) atoms. The van der Waals surface area contributed by atoms with E-state index in [0.29, 0.717) is 0 Å². The molecule has 0 fully saturated rings. The molecule has 2 aromatic carbocycles. The predicted molar refractivity (Wildman–Crippen MR) is 76.2 cm³/mol. The summed E-state index contributed by atoms with van der Waals surface area (Å²) in [4.78, 5) is 0. The first-order valence-electron chi connectivity index (χ1n) is 6.43. The average molecular weight is 240 g/mol. The molecule has 0 radical (unpaired) electrons. The summed E-state index contributed by atoms with van der Waals surface area (Å²) in [5.74, 6) is 1.03. The molecular formula is C17H20O. The number of benzene rings is 2. The molecule has 0 aliphatic heterocycles. The van der Waals surface area contributed by atoms with Gasteiger partial charge in [-0.25, -0.2) is 0 Å². The van der Waals surface area contributed by atoms with Gasteiger partial charge >= 0.3 is 0 Å². The molecule has 0 aromatic heterocycles. The third-order valence-electron chi connectivity index (χ3n) is 3.09. The number of rotatable bonds is 4. The Hall–Kier alpha value is -1.76. The van der Waals surface area contributed by atoms with Crippen LogP contribution in [-0.4, -0.2) is 6.10 Å². The number of aryl methyl sites for hydroxylation is 2. The van der Waals surface area contributed by atoms with Crippen LogP contribution >= 0.6 is 0 Å². The van der Waals surface area contributed by atoms with Crippen LogP contribution in [0.5, 0.6) is 5.75 Å². The lowest BCUT2D eigenvalue weighted by atomic mass is 10.1. The molecule has 0 N–H and O–H groups in total. The Kier molecular flexibility index (Phi) is 4.03. The summed E-state index contributed by atoms with van der Waals surface area (Å²) in [5, 5.41) is 0. The largest absolute Gasteiger partial charge is 0.490 e. The molecule has 0 spiro atoms. The number of hydrogen-bond acceptors (Lipinski definition) is 1. The molecule has 0 amide bonds. The van der Waals surface area contributed by atoms with Gasteiger partial charge in [0, 0.05) is 6.42 Å². The second-order valence-corrected chi connectivity index (χ2v) is 4.84. The van der Waals surface area contributed by atoms with E-state index in [1.807, 2.05) is 6.07 Å². The minimum absolute atomic E-state index is 0.187. The van der Waals surface area contributed by atoms with Crippen molar-refractivity contribution in [3.8, 4) is 5.75 Å². The van der Waals surface area contributed by atoms with Gasteiger partial charge in [-0.2, -0.15) is 0 Å². The van der Waals surface area contributed by atoms with Gasteiger partial charge in [-0.3, -0.25) is 0 Å². The predicted octanol–water partition coefficient (Wildman–Crippen LogP) is 4.31. The zero-order valence-electron chi connectivity index (χ0n) is 11.3. The Morgan fingerprint density at radius 1 is 0.889 bits per heavy atom. The van der Waals surface area contributed by atoms with Crippen LogP contribution in [0.1, 0.15) is 23.6 Å². The van der Waals surface area contributed by atoms with Crippen molar-refractivity contribution in [3.05, 3.63) is 65.2 Å². The highest BCUT2D eigenvalue weighted by molar-refractivity contribution is 5.39. The van der Waals surface area contributed by atoms with Gasteiger partial charge in [0.15, 0.2) is 0 Å². The Balaban J connectivity index is 2.06. The van der Waals surface area contributed by atoms with Crippen LogP contribution in [0.2, 0.25) is 0 Å². The standard InChI is InChI=1S/C17H20O/c1-13-8-7-9-14(2)17(13)18-15(3)12-16-10-5-4-6-11-16/h4-11,15H,12H2,1-3H3. The molecule has 1 heteroatoms. The van der Waals surface area contributed by atoms with Crippen LogP contribution in [-0.2, 0) is 6.42 Å². The van der Waals surface area contributed by atoms with Crippen molar-refractivity contribution in [2.24, 2.45) is 0 Å². The van der Waals surface area contributed by atoms with Crippen LogP contribution in [0.15, 0.2) is 48.5 Å². The first kappa shape index (κ1) is 12.7. The quantitative estimate of drug-likeness (QED) is 0.773. The van der Waals surface area contributed by atoms with E-state index in [1.54, 1.807) is 0 Å². The van der Waals surface area contributed by atoms with E-state index in [9.17, 15) is 0 Å². The Morgan fingerprint density at radius 2 is 1.50 bits per heavy atom. The van der Waals surface area contributed by atoms with Gasteiger partial charge in [-0.05, 0) is 37.5 Å². The fraction of sp³-hybridized carbons (Fsp3) is 0.294. The molecule has 0 saturated carbocycles. The van der Waals surface area contributed by atoms with E-state index < -0.39 is 0 Å². The summed E-state index contributed by atoms with van der Waals surface area (Å²) in [7, 11) is 0. The highest BCUT2D eigenvalue weighted by atomic mass is 16.5. The minimum Gasteiger partial charge on any atom is -0.490 e. The monoisotopic (exact) mass is 240 g/mol. The van der Waals surface area contributed by atoms with Gasteiger partial charge in [0.05, 0.1) is 6.10 Å². The Bertz CT molecular complexity index is 482. The van der Waals surface area contributed by atoms with Crippen LogP contribution in [0.25, 0.3) is 0 Å². The second-order valence-electron chi connectivity index (χ2n) is 4.84. The van der Waals surface area contributed by atoms with E-state index in [1.165, 1.54) is 16.7 Å². The smallest absolute Gasteiger partial charge is 0.125 e. The molecule has 0 heterocycles. The topological polar surface area (TPSA) is 9.23 Å². The van der Waals surface area contributed by atoms with Crippen molar-refractivity contribution in [2.45, 2.75) is 33.3 Å². The van der Waals surface area contributed by atoms with Gasteiger partial charge in [0.2, 0.25) is 0 Å². The van der Waals surface area contributed by atoms with Gasteiger partial charge < -0.3 is 4.74 Å². The maximum Gasteiger partial charge on any atom is 0.125 e. The zero-order chi connectivity index (χ0) is 13.0. The highest BCUT2D eigenvalue weighted by Gasteiger charge is 2.09. The summed E-state index contributed by atoms with van der Waals surface area (Å²) in [5.41, 5.74) is 3.72. The van der Waals surface area contributed by atoms with Gasteiger partial charge in [-0.1, -0.05) is 48.5 Å². The third-order valence-corrected chi connectivity index (χ3v) is 3.09. The van der Waals surface area contributed by atoms with Crippen molar-refractivity contribution >= 4 is 0 Å². The van der Waals surface area contributed by atoms with Gasteiger partial charge in [0.25, 0.3) is 0 Å². The van der Waals surface area contributed by atoms with Crippen molar-refractivity contribution < 1.29 is 4.74 Å². The lowest BCUT2D eigenvalue weighted by molar-refractivity contribution is 0.219. The van der Waals surface area contributed by atoms with Crippen molar-refractivity contribution in [1.82, 2.24) is 0 Å². The zero-order valence-corrected chi connectivity index (χ0v) is 11.3. The highest BCUT2D eigenvalue weighted by Crippen LogP contribution is 2.24. The van der Waals surface area contributed by atoms with Crippen molar-refractivity contribution in [3.63, 3.8) is 0 Å². The van der Waals surface area contributed by atoms with E-state index in [2.05, 4.69) is 63.2 Å². The maximum absolute atomic E-state index is 6.08. The summed E-state index contributed by atoms with van der Waals surface area (Å²) in [6.45, 7) is 6.31. The molecule has 1 nitrogen and oxygen atoms in total. The second kappa shape index (κ2) is 5.72. The summed E-state index contributed by atoms with van der Waals surface area (Å²) >= 11 is 0. The van der Waals surface area contributed by atoms with E-state index >= 15 is 0 Å². The molecule has 0 bridgehead atoms. The Morgan fingerprint density at radius 3 is 2.11 bits per heavy atom. The first-order valence-corrected chi connectivity index (χ1v) is 6.43. The van der Waals surface area contributed by atoms with Crippen LogP contribution in [0, 0.1) is 13.8 Å². The van der Waals surface area contributed by atoms with Crippen LogP contribution in [0.3, 0.4) is 0 Å². The van der Waals surface area contributed by atoms with Crippen molar-refractivity contribution in [2.75, 3.05) is 0 Å². The summed E-state index contributed by atoms with van der Waals surface area (Å²) in [6.07, 6.45) is 1.13. The normalized spacial score (nSPS) is 12.2.